The van der Waals surface area contributed by atoms with Crippen molar-refractivity contribution >= 4 is 17.7 Å². The van der Waals surface area contributed by atoms with E-state index in [0.29, 0.717) is 0 Å². The molecule has 3 rings (SSSR count). The SMILES string of the molecule is CCn1ncnc1N[C@@H]1CCN(c2nc(C(=O)N(C)C)nc(C)c2C)C1. The Labute approximate surface area is 153 Å². The highest BCUT2D eigenvalue weighted by atomic mass is 16.2. The first-order valence-electron chi connectivity index (χ1n) is 8.86. The number of amides is 1. The fourth-order valence-corrected chi connectivity index (χ4v) is 3.08. The number of carbonyl (C=O) groups excluding carboxylic acids is 1. The van der Waals surface area contributed by atoms with E-state index in [0.717, 1.165) is 49.1 Å². The second kappa shape index (κ2) is 7.27. The van der Waals surface area contributed by atoms with Crippen LogP contribution < -0.4 is 10.2 Å². The van der Waals surface area contributed by atoms with E-state index >= 15 is 0 Å². The normalized spacial score (nSPS) is 16.8. The van der Waals surface area contributed by atoms with Gasteiger partial charge >= 0.3 is 0 Å². The molecule has 1 atom stereocenters. The molecule has 9 heteroatoms. The summed E-state index contributed by atoms with van der Waals surface area (Å²) >= 11 is 0. The zero-order valence-electron chi connectivity index (χ0n) is 16.0. The van der Waals surface area contributed by atoms with Gasteiger partial charge in [-0.3, -0.25) is 4.79 Å². The molecule has 0 saturated carbocycles. The number of aromatic nitrogens is 5. The first-order chi connectivity index (χ1) is 12.4. The minimum atomic E-state index is -0.181. The lowest BCUT2D eigenvalue weighted by Gasteiger charge is -2.22. The molecule has 140 valence electrons. The molecular weight excluding hydrogens is 332 g/mol. The Morgan fingerprint density at radius 3 is 2.81 bits per heavy atom. The molecule has 1 fully saturated rings. The number of rotatable bonds is 5. The molecule has 0 aromatic carbocycles. The molecular formula is C17H26N8O. The Morgan fingerprint density at radius 1 is 1.35 bits per heavy atom. The highest BCUT2D eigenvalue weighted by Gasteiger charge is 2.27. The zero-order valence-corrected chi connectivity index (χ0v) is 16.0. The van der Waals surface area contributed by atoms with Crippen LogP contribution in [-0.4, -0.2) is 68.8 Å². The first kappa shape index (κ1) is 18.1. The predicted molar refractivity (Wildman–Crippen MR) is 99.5 cm³/mol. The minimum absolute atomic E-state index is 0.181. The molecule has 3 heterocycles. The van der Waals surface area contributed by atoms with Crippen LogP contribution in [0.1, 0.15) is 35.2 Å². The Balaban J connectivity index is 1.78. The molecule has 2 aromatic rings. The summed E-state index contributed by atoms with van der Waals surface area (Å²) in [6.07, 6.45) is 2.53. The van der Waals surface area contributed by atoms with E-state index in [4.69, 9.17) is 0 Å². The summed E-state index contributed by atoms with van der Waals surface area (Å²) in [4.78, 5) is 29.2. The highest BCUT2D eigenvalue weighted by Crippen LogP contribution is 2.25. The average Bonchev–Trinajstić information content (AvgIpc) is 3.26. The lowest BCUT2D eigenvalue weighted by atomic mass is 10.2. The van der Waals surface area contributed by atoms with E-state index in [9.17, 15) is 4.79 Å². The fraction of sp³-hybridized carbons (Fsp3) is 0.588. The number of hydrogen-bond acceptors (Lipinski definition) is 7. The van der Waals surface area contributed by atoms with Gasteiger partial charge in [-0.05, 0) is 27.2 Å². The van der Waals surface area contributed by atoms with Gasteiger partial charge in [0, 0.05) is 51.0 Å². The molecule has 1 saturated heterocycles. The Kier molecular flexibility index (Phi) is 5.06. The maximum atomic E-state index is 12.3. The molecule has 1 aliphatic heterocycles. The van der Waals surface area contributed by atoms with Crippen LogP contribution in [-0.2, 0) is 6.54 Å². The van der Waals surface area contributed by atoms with Crippen molar-refractivity contribution in [1.82, 2.24) is 29.6 Å². The smallest absolute Gasteiger partial charge is 0.291 e. The van der Waals surface area contributed by atoms with Crippen LogP contribution in [0.2, 0.25) is 0 Å². The van der Waals surface area contributed by atoms with Crippen molar-refractivity contribution in [2.75, 3.05) is 37.4 Å². The van der Waals surface area contributed by atoms with E-state index in [1.54, 1.807) is 20.4 Å². The molecule has 0 bridgehead atoms. The van der Waals surface area contributed by atoms with Crippen molar-refractivity contribution in [2.24, 2.45) is 0 Å². The third kappa shape index (κ3) is 3.47. The number of nitrogens with zero attached hydrogens (tertiary/aromatic N) is 7. The van der Waals surface area contributed by atoms with Crippen molar-refractivity contribution in [3.05, 3.63) is 23.4 Å². The van der Waals surface area contributed by atoms with Gasteiger partial charge in [-0.15, -0.1) is 0 Å². The lowest BCUT2D eigenvalue weighted by molar-refractivity contribution is 0.0815. The summed E-state index contributed by atoms with van der Waals surface area (Å²) in [5.41, 5.74) is 1.85. The van der Waals surface area contributed by atoms with Gasteiger partial charge < -0.3 is 15.1 Å². The van der Waals surface area contributed by atoms with E-state index in [1.165, 1.54) is 4.90 Å². The Morgan fingerprint density at radius 2 is 2.12 bits per heavy atom. The lowest BCUT2D eigenvalue weighted by Crippen LogP contribution is -2.30. The summed E-state index contributed by atoms with van der Waals surface area (Å²) < 4.78 is 1.84. The second-order valence-corrected chi connectivity index (χ2v) is 6.76. The molecule has 0 radical (unpaired) electrons. The number of anilines is 2. The van der Waals surface area contributed by atoms with Crippen LogP contribution in [0.3, 0.4) is 0 Å². The van der Waals surface area contributed by atoms with Crippen LogP contribution in [0.5, 0.6) is 0 Å². The van der Waals surface area contributed by atoms with Crippen LogP contribution >= 0.6 is 0 Å². The predicted octanol–water partition coefficient (Wildman–Crippen LogP) is 1.10. The van der Waals surface area contributed by atoms with E-state index in [-0.39, 0.29) is 17.8 Å². The van der Waals surface area contributed by atoms with Crippen molar-refractivity contribution < 1.29 is 4.79 Å². The molecule has 0 aliphatic carbocycles. The van der Waals surface area contributed by atoms with Gasteiger partial charge in [0.1, 0.15) is 12.1 Å². The molecule has 9 nitrogen and oxygen atoms in total. The third-order valence-electron chi connectivity index (χ3n) is 4.70. The monoisotopic (exact) mass is 358 g/mol. The quantitative estimate of drug-likeness (QED) is 0.855. The van der Waals surface area contributed by atoms with Crippen LogP contribution in [0, 0.1) is 13.8 Å². The molecule has 26 heavy (non-hydrogen) atoms. The van der Waals surface area contributed by atoms with Gasteiger partial charge in [-0.25, -0.2) is 14.6 Å². The molecule has 1 amide bonds. The van der Waals surface area contributed by atoms with Crippen LogP contribution in [0.15, 0.2) is 6.33 Å². The number of nitrogens with one attached hydrogen (secondary N) is 1. The largest absolute Gasteiger partial charge is 0.354 e. The fourth-order valence-electron chi connectivity index (χ4n) is 3.08. The van der Waals surface area contributed by atoms with Gasteiger partial charge in [0.25, 0.3) is 5.91 Å². The van der Waals surface area contributed by atoms with Crippen molar-refractivity contribution in [1.29, 1.82) is 0 Å². The summed E-state index contributed by atoms with van der Waals surface area (Å²) in [5.74, 6) is 1.69. The van der Waals surface area contributed by atoms with E-state index in [1.807, 2.05) is 25.5 Å². The Bertz CT molecular complexity index is 800. The van der Waals surface area contributed by atoms with Gasteiger partial charge in [0.2, 0.25) is 11.8 Å². The van der Waals surface area contributed by atoms with E-state index < -0.39 is 0 Å². The maximum Gasteiger partial charge on any atom is 0.291 e. The standard InChI is InChI=1S/C17H26N8O/c1-6-25-17(18-10-19-25)21-13-7-8-24(9-13)15-11(2)12(3)20-14(22-15)16(26)23(4)5/h10,13H,6-9H2,1-5H3,(H,18,19,21)/t13-/m1/s1. The Hall–Kier alpha value is -2.71. The summed E-state index contributed by atoms with van der Waals surface area (Å²) in [6.45, 7) is 8.40. The topological polar surface area (TPSA) is 92.1 Å². The van der Waals surface area contributed by atoms with Gasteiger partial charge in [-0.2, -0.15) is 10.1 Å². The first-order valence-corrected chi connectivity index (χ1v) is 8.86. The number of hydrogen-bond donors (Lipinski definition) is 1. The minimum Gasteiger partial charge on any atom is -0.354 e. The second-order valence-electron chi connectivity index (χ2n) is 6.76. The summed E-state index contributed by atoms with van der Waals surface area (Å²) in [6, 6.07) is 0.257. The van der Waals surface area contributed by atoms with Crippen LogP contribution in [0.4, 0.5) is 11.8 Å². The zero-order chi connectivity index (χ0) is 18.8. The molecule has 0 unspecified atom stereocenters. The molecule has 1 aliphatic rings. The number of aryl methyl sites for hydroxylation is 2. The van der Waals surface area contributed by atoms with Gasteiger partial charge in [0.05, 0.1) is 0 Å². The highest BCUT2D eigenvalue weighted by molar-refractivity contribution is 5.90. The van der Waals surface area contributed by atoms with Crippen molar-refractivity contribution in [3.8, 4) is 0 Å². The van der Waals surface area contributed by atoms with Crippen LogP contribution in [0.25, 0.3) is 0 Å². The molecule has 1 N–H and O–H groups in total. The molecule has 0 spiro atoms. The van der Waals surface area contributed by atoms with Crippen molar-refractivity contribution in [3.63, 3.8) is 0 Å². The maximum absolute atomic E-state index is 12.3. The summed E-state index contributed by atoms with van der Waals surface area (Å²) in [5, 5.41) is 7.65. The van der Waals surface area contributed by atoms with Gasteiger partial charge in [0.15, 0.2) is 0 Å². The van der Waals surface area contributed by atoms with E-state index in [2.05, 4.69) is 30.3 Å². The average molecular weight is 358 g/mol. The molecule has 2 aromatic heterocycles. The third-order valence-corrected chi connectivity index (χ3v) is 4.70. The van der Waals surface area contributed by atoms with Crippen molar-refractivity contribution in [2.45, 2.75) is 39.8 Å². The summed E-state index contributed by atoms with van der Waals surface area (Å²) in [7, 11) is 3.42. The van der Waals surface area contributed by atoms with Gasteiger partial charge in [-0.1, -0.05) is 0 Å². The number of carbonyl (C=O) groups is 1.